The zero-order valence-electron chi connectivity index (χ0n) is 10.3. The molecule has 0 unspecified atom stereocenters. The number of anilines is 1. The van der Waals surface area contributed by atoms with Crippen LogP contribution in [0.2, 0.25) is 0 Å². The molecule has 0 spiro atoms. The summed E-state index contributed by atoms with van der Waals surface area (Å²) in [5.74, 6) is 0.787. The van der Waals surface area contributed by atoms with Gasteiger partial charge in [-0.1, -0.05) is 18.2 Å². The molecule has 0 aromatic heterocycles. The molecule has 0 aliphatic rings. The highest BCUT2D eigenvalue weighted by Crippen LogP contribution is 2.30. The van der Waals surface area contributed by atoms with Crippen LogP contribution in [0.1, 0.15) is 0 Å². The van der Waals surface area contributed by atoms with Crippen LogP contribution in [0.15, 0.2) is 53.4 Å². The minimum absolute atomic E-state index is 0.0128. The maximum Gasteiger partial charge on any atom is 0.244 e. The van der Waals surface area contributed by atoms with E-state index in [0.717, 1.165) is 0 Å². The van der Waals surface area contributed by atoms with Gasteiger partial charge in [-0.25, -0.2) is 13.1 Å². The monoisotopic (exact) mass is 278 g/mol. The van der Waals surface area contributed by atoms with Crippen molar-refractivity contribution in [1.82, 2.24) is 4.72 Å². The number of ether oxygens (including phenoxy) is 1. The topological polar surface area (TPSA) is 81.4 Å². The molecule has 19 heavy (non-hydrogen) atoms. The van der Waals surface area contributed by atoms with Crippen LogP contribution in [0.5, 0.6) is 11.5 Å². The SMILES string of the molecule is CNS(=O)(=O)c1cc(N)ccc1Oc1ccccc1. The lowest BCUT2D eigenvalue weighted by Gasteiger charge is -2.11. The van der Waals surface area contributed by atoms with E-state index >= 15 is 0 Å². The molecule has 0 saturated heterocycles. The lowest BCUT2D eigenvalue weighted by molar-refractivity contribution is 0.467. The lowest BCUT2D eigenvalue weighted by atomic mass is 10.3. The number of hydrogen-bond acceptors (Lipinski definition) is 4. The molecule has 0 fully saturated rings. The van der Waals surface area contributed by atoms with Crippen molar-refractivity contribution in [3.05, 3.63) is 48.5 Å². The van der Waals surface area contributed by atoms with Crippen LogP contribution in [0, 0.1) is 0 Å². The molecule has 6 heteroatoms. The largest absolute Gasteiger partial charge is 0.456 e. The summed E-state index contributed by atoms with van der Waals surface area (Å²) in [4.78, 5) is 0.0128. The van der Waals surface area contributed by atoms with E-state index in [9.17, 15) is 8.42 Å². The summed E-state index contributed by atoms with van der Waals surface area (Å²) >= 11 is 0. The number of para-hydroxylation sites is 1. The van der Waals surface area contributed by atoms with Gasteiger partial charge >= 0.3 is 0 Å². The standard InChI is InChI=1S/C13H14N2O3S/c1-15-19(16,17)13-9-10(14)7-8-12(13)18-11-5-3-2-4-6-11/h2-9,15H,14H2,1H3. The summed E-state index contributed by atoms with van der Waals surface area (Å²) in [6.07, 6.45) is 0. The Bertz CT molecular complexity index is 670. The van der Waals surface area contributed by atoms with Crippen molar-refractivity contribution in [3.63, 3.8) is 0 Å². The Morgan fingerprint density at radius 2 is 1.79 bits per heavy atom. The smallest absolute Gasteiger partial charge is 0.244 e. The maximum atomic E-state index is 11.9. The van der Waals surface area contributed by atoms with Crippen molar-refractivity contribution < 1.29 is 13.2 Å². The van der Waals surface area contributed by atoms with Gasteiger partial charge < -0.3 is 10.5 Å². The van der Waals surface area contributed by atoms with Crippen LogP contribution < -0.4 is 15.2 Å². The molecule has 0 amide bonds. The molecule has 0 bridgehead atoms. The fourth-order valence-corrected chi connectivity index (χ4v) is 2.43. The summed E-state index contributed by atoms with van der Waals surface area (Å²) in [7, 11) is -2.29. The second-order valence-corrected chi connectivity index (χ2v) is 5.68. The highest BCUT2D eigenvalue weighted by atomic mass is 32.2. The third-order valence-corrected chi connectivity index (χ3v) is 3.93. The minimum Gasteiger partial charge on any atom is -0.456 e. The van der Waals surface area contributed by atoms with Crippen LogP contribution in [0.25, 0.3) is 0 Å². The van der Waals surface area contributed by atoms with Gasteiger partial charge in [0.2, 0.25) is 10.0 Å². The Hall–Kier alpha value is -2.05. The minimum atomic E-state index is -3.63. The number of nitrogens with one attached hydrogen (secondary N) is 1. The van der Waals surface area contributed by atoms with Gasteiger partial charge in [-0.3, -0.25) is 0 Å². The van der Waals surface area contributed by atoms with E-state index in [1.165, 1.54) is 19.2 Å². The van der Waals surface area contributed by atoms with Crippen molar-refractivity contribution in [2.45, 2.75) is 4.90 Å². The zero-order chi connectivity index (χ0) is 13.9. The first-order valence-corrected chi connectivity index (χ1v) is 7.07. The van der Waals surface area contributed by atoms with E-state index in [0.29, 0.717) is 11.4 Å². The summed E-state index contributed by atoms with van der Waals surface area (Å²) in [6, 6.07) is 13.4. The first kappa shape index (κ1) is 13.4. The van der Waals surface area contributed by atoms with Gasteiger partial charge in [-0.2, -0.15) is 0 Å². The average molecular weight is 278 g/mol. The zero-order valence-corrected chi connectivity index (χ0v) is 11.1. The van der Waals surface area contributed by atoms with Crippen LogP contribution >= 0.6 is 0 Å². The Kier molecular flexibility index (Phi) is 3.73. The molecule has 0 saturated carbocycles. The van der Waals surface area contributed by atoms with E-state index < -0.39 is 10.0 Å². The van der Waals surface area contributed by atoms with Crippen molar-refractivity contribution >= 4 is 15.7 Å². The normalized spacial score (nSPS) is 11.2. The molecular weight excluding hydrogens is 264 g/mol. The molecule has 0 aliphatic carbocycles. The molecule has 0 heterocycles. The molecule has 2 rings (SSSR count). The van der Waals surface area contributed by atoms with E-state index in [-0.39, 0.29) is 10.6 Å². The van der Waals surface area contributed by atoms with Gasteiger partial charge in [0.15, 0.2) is 0 Å². The maximum absolute atomic E-state index is 11.9. The molecule has 0 aliphatic heterocycles. The third-order valence-electron chi connectivity index (χ3n) is 2.50. The Morgan fingerprint density at radius 1 is 1.11 bits per heavy atom. The number of nitrogen functional groups attached to an aromatic ring is 1. The highest BCUT2D eigenvalue weighted by molar-refractivity contribution is 7.89. The predicted molar refractivity (Wildman–Crippen MR) is 73.6 cm³/mol. The summed E-state index contributed by atoms with van der Waals surface area (Å²) in [6.45, 7) is 0. The number of nitrogens with two attached hydrogens (primary N) is 1. The number of rotatable bonds is 4. The molecular formula is C13H14N2O3S. The van der Waals surface area contributed by atoms with E-state index in [4.69, 9.17) is 10.5 Å². The summed E-state index contributed by atoms with van der Waals surface area (Å²) in [5, 5.41) is 0. The highest BCUT2D eigenvalue weighted by Gasteiger charge is 2.18. The van der Waals surface area contributed by atoms with Crippen LogP contribution in [-0.2, 0) is 10.0 Å². The molecule has 0 radical (unpaired) electrons. The molecule has 100 valence electrons. The van der Waals surface area contributed by atoms with Gasteiger partial charge in [-0.15, -0.1) is 0 Å². The van der Waals surface area contributed by atoms with Crippen molar-refractivity contribution in [3.8, 4) is 11.5 Å². The molecule has 3 N–H and O–H groups in total. The average Bonchev–Trinajstić information content (AvgIpc) is 2.42. The van der Waals surface area contributed by atoms with E-state index in [1.54, 1.807) is 30.3 Å². The van der Waals surface area contributed by atoms with Crippen molar-refractivity contribution in [2.24, 2.45) is 0 Å². The first-order chi connectivity index (χ1) is 9.03. The Morgan fingerprint density at radius 3 is 2.42 bits per heavy atom. The van der Waals surface area contributed by atoms with Crippen LogP contribution in [-0.4, -0.2) is 15.5 Å². The van der Waals surface area contributed by atoms with E-state index in [2.05, 4.69) is 4.72 Å². The number of benzene rings is 2. The molecule has 2 aromatic rings. The first-order valence-electron chi connectivity index (χ1n) is 5.59. The van der Waals surface area contributed by atoms with Crippen LogP contribution in [0.3, 0.4) is 0 Å². The lowest BCUT2D eigenvalue weighted by Crippen LogP contribution is -2.19. The summed E-state index contributed by atoms with van der Waals surface area (Å²) in [5.41, 5.74) is 5.98. The quantitative estimate of drug-likeness (QED) is 0.838. The van der Waals surface area contributed by atoms with Crippen molar-refractivity contribution in [2.75, 3.05) is 12.8 Å². The van der Waals surface area contributed by atoms with Crippen LogP contribution in [0.4, 0.5) is 5.69 Å². The van der Waals surface area contributed by atoms with Gasteiger partial charge in [0, 0.05) is 5.69 Å². The number of sulfonamides is 1. The second-order valence-electron chi connectivity index (χ2n) is 3.83. The molecule has 0 atom stereocenters. The fourth-order valence-electron chi connectivity index (χ4n) is 1.54. The third kappa shape index (κ3) is 3.04. The number of hydrogen-bond donors (Lipinski definition) is 2. The summed E-state index contributed by atoms with van der Waals surface area (Å²) < 4.78 is 31.7. The molecule has 5 nitrogen and oxygen atoms in total. The Balaban J connectivity index is 2.47. The van der Waals surface area contributed by atoms with Gasteiger partial charge in [-0.05, 0) is 37.4 Å². The second kappa shape index (κ2) is 5.29. The van der Waals surface area contributed by atoms with Gasteiger partial charge in [0.25, 0.3) is 0 Å². The van der Waals surface area contributed by atoms with Gasteiger partial charge in [0.1, 0.15) is 16.4 Å². The van der Waals surface area contributed by atoms with Crippen molar-refractivity contribution in [1.29, 1.82) is 0 Å². The predicted octanol–water partition coefficient (Wildman–Crippen LogP) is 1.97. The fraction of sp³-hybridized carbons (Fsp3) is 0.0769. The Labute approximate surface area is 112 Å². The molecule has 2 aromatic carbocycles. The van der Waals surface area contributed by atoms with Gasteiger partial charge in [0.05, 0.1) is 0 Å². The van der Waals surface area contributed by atoms with E-state index in [1.807, 2.05) is 6.07 Å².